The van der Waals surface area contributed by atoms with E-state index in [4.69, 9.17) is 10.5 Å². The van der Waals surface area contributed by atoms with Crippen molar-refractivity contribution in [3.8, 4) is 16.9 Å². The molecule has 2 N–H and O–H groups in total. The van der Waals surface area contributed by atoms with Crippen LogP contribution >= 0.6 is 0 Å². The van der Waals surface area contributed by atoms with E-state index < -0.39 is 17.2 Å². The van der Waals surface area contributed by atoms with Gasteiger partial charge in [0.2, 0.25) is 0 Å². The first-order valence-electron chi connectivity index (χ1n) is 8.02. The fourth-order valence-corrected chi connectivity index (χ4v) is 2.81. The van der Waals surface area contributed by atoms with Crippen LogP contribution in [0, 0.1) is 24.5 Å². The highest BCUT2D eigenvalue weighted by Gasteiger charge is 2.22. The third-order valence-corrected chi connectivity index (χ3v) is 3.66. The molecule has 0 saturated heterocycles. The number of hydrogen-bond acceptors (Lipinski definition) is 3. The highest BCUT2D eigenvalue weighted by Crippen LogP contribution is 2.29. The van der Waals surface area contributed by atoms with Crippen LogP contribution in [0.3, 0.4) is 0 Å². The Hall–Kier alpha value is -2.01. The van der Waals surface area contributed by atoms with Gasteiger partial charge in [0.25, 0.3) is 0 Å². The molecule has 130 valence electrons. The van der Waals surface area contributed by atoms with Gasteiger partial charge in [0.05, 0.1) is 0 Å². The summed E-state index contributed by atoms with van der Waals surface area (Å²) in [6, 6.07) is 5.57. The highest BCUT2D eigenvalue weighted by atomic mass is 19.1. The van der Waals surface area contributed by atoms with E-state index in [0.717, 1.165) is 24.2 Å². The Kier molecular flexibility index (Phi) is 5.54. The fourth-order valence-electron chi connectivity index (χ4n) is 2.81. The van der Waals surface area contributed by atoms with Crippen LogP contribution < -0.4 is 10.5 Å². The van der Waals surface area contributed by atoms with E-state index in [9.17, 15) is 8.78 Å². The van der Waals surface area contributed by atoms with Gasteiger partial charge in [-0.15, -0.1) is 0 Å². The predicted octanol–water partition coefficient (Wildman–Crippen LogP) is 4.48. The summed E-state index contributed by atoms with van der Waals surface area (Å²) in [7, 11) is 0. The Balaban J connectivity index is 2.21. The van der Waals surface area contributed by atoms with Crippen molar-refractivity contribution >= 4 is 0 Å². The zero-order valence-electron chi connectivity index (χ0n) is 14.6. The molecule has 0 aliphatic rings. The number of aromatic nitrogens is 1. The fraction of sp³-hybridized carbons (Fsp3) is 0.421. The Bertz CT molecular complexity index is 715. The van der Waals surface area contributed by atoms with Crippen LogP contribution in [-0.4, -0.2) is 17.1 Å². The molecule has 0 amide bonds. The largest absolute Gasteiger partial charge is 0.489 e. The molecule has 3 nitrogen and oxygen atoms in total. The van der Waals surface area contributed by atoms with E-state index in [1.165, 1.54) is 0 Å². The summed E-state index contributed by atoms with van der Waals surface area (Å²) < 4.78 is 34.1. The van der Waals surface area contributed by atoms with Crippen molar-refractivity contribution in [1.29, 1.82) is 0 Å². The molecular weight excluding hydrogens is 310 g/mol. The van der Waals surface area contributed by atoms with E-state index in [1.54, 1.807) is 25.3 Å². The zero-order valence-corrected chi connectivity index (χ0v) is 14.6. The molecular formula is C19H24F2N2O. The van der Waals surface area contributed by atoms with Gasteiger partial charge in [-0.05, 0) is 49.9 Å². The third kappa shape index (κ3) is 4.74. The second-order valence-corrected chi connectivity index (χ2v) is 6.99. The maximum absolute atomic E-state index is 14.4. The summed E-state index contributed by atoms with van der Waals surface area (Å²) in [6.45, 7) is 7.87. The topological polar surface area (TPSA) is 48.1 Å². The molecule has 0 aliphatic carbocycles. The number of halogens is 2. The van der Waals surface area contributed by atoms with E-state index in [1.807, 2.05) is 6.92 Å². The number of aryl methyl sites for hydroxylation is 1. The number of ether oxygens (including phenoxy) is 1. The van der Waals surface area contributed by atoms with Gasteiger partial charge < -0.3 is 10.5 Å². The molecule has 5 heteroatoms. The van der Waals surface area contributed by atoms with Crippen molar-refractivity contribution < 1.29 is 13.5 Å². The molecule has 0 saturated carbocycles. The Morgan fingerprint density at radius 1 is 1.21 bits per heavy atom. The van der Waals surface area contributed by atoms with Crippen LogP contribution in [0.15, 0.2) is 30.5 Å². The number of benzene rings is 1. The smallest absolute Gasteiger partial charge is 0.165 e. The monoisotopic (exact) mass is 334 g/mol. The highest BCUT2D eigenvalue weighted by molar-refractivity contribution is 5.65. The SMILES string of the molecule is Cc1cc(-c2cc(F)c(OC[C@@](C)(N)CC(C)C)cc2F)ccn1. The van der Waals surface area contributed by atoms with Crippen molar-refractivity contribution in [3.63, 3.8) is 0 Å². The number of rotatable bonds is 6. The average Bonchev–Trinajstić information content (AvgIpc) is 2.46. The van der Waals surface area contributed by atoms with Gasteiger partial charge in [0, 0.05) is 29.1 Å². The van der Waals surface area contributed by atoms with Gasteiger partial charge in [0.1, 0.15) is 12.4 Å². The number of pyridine rings is 1. The molecule has 1 heterocycles. The first-order chi connectivity index (χ1) is 11.2. The quantitative estimate of drug-likeness (QED) is 0.847. The van der Waals surface area contributed by atoms with Crippen LogP contribution in [0.1, 0.15) is 32.9 Å². The van der Waals surface area contributed by atoms with Crippen LogP contribution in [0.2, 0.25) is 0 Å². The second-order valence-electron chi connectivity index (χ2n) is 6.99. The molecule has 0 bridgehead atoms. The maximum atomic E-state index is 14.4. The molecule has 0 unspecified atom stereocenters. The van der Waals surface area contributed by atoms with Gasteiger partial charge in [-0.3, -0.25) is 4.98 Å². The van der Waals surface area contributed by atoms with Gasteiger partial charge in [0.15, 0.2) is 11.6 Å². The molecule has 1 aromatic heterocycles. The lowest BCUT2D eigenvalue weighted by molar-refractivity contribution is 0.199. The van der Waals surface area contributed by atoms with Crippen molar-refractivity contribution in [1.82, 2.24) is 4.98 Å². The summed E-state index contributed by atoms with van der Waals surface area (Å²) in [5, 5.41) is 0. The van der Waals surface area contributed by atoms with Crippen molar-refractivity contribution in [3.05, 3.63) is 47.8 Å². The molecule has 0 aliphatic heterocycles. The average molecular weight is 334 g/mol. The molecule has 0 spiro atoms. The summed E-state index contributed by atoms with van der Waals surface area (Å²) >= 11 is 0. The minimum Gasteiger partial charge on any atom is -0.489 e. The van der Waals surface area contributed by atoms with Crippen molar-refractivity contribution in [2.75, 3.05) is 6.61 Å². The lowest BCUT2D eigenvalue weighted by Crippen LogP contribution is -2.43. The molecule has 0 fully saturated rings. The minimum atomic E-state index is -0.610. The van der Waals surface area contributed by atoms with E-state index >= 15 is 0 Å². The maximum Gasteiger partial charge on any atom is 0.165 e. The Labute approximate surface area is 141 Å². The van der Waals surface area contributed by atoms with E-state index in [2.05, 4.69) is 18.8 Å². The van der Waals surface area contributed by atoms with Gasteiger partial charge in [-0.2, -0.15) is 0 Å². The van der Waals surface area contributed by atoms with Crippen molar-refractivity contribution in [2.45, 2.75) is 39.7 Å². The number of nitrogens with two attached hydrogens (primary N) is 1. The predicted molar refractivity (Wildman–Crippen MR) is 91.9 cm³/mol. The van der Waals surface area contributed by atoms with Crippen molar-refractivity contribution in [2.24, 2.45) is 11.7 Å². The number of hydrogen-bond donors (Lipinski definition) is 1. The first kappa shape index (κ1) is 18.3. The molecule has 0 radical (unpaired) electrons. The van der Waals surface area contributed by atoms with Gasteiger partial charge >= 0.3 is 0 Å². The Morgan fingerprint density at radius 2 is 1.92 bits per heavy atom. The second kappa shape index (κ2) is 7.26. The lowest BCUT2D eigenvalue weighted by Gasteiger charge is -2.26. The van der Waals surface area contributed by atoms with Crippen LogP contribution in [0.4, 0.5) is 8.78 Å². The first-order valence-corrected chi connectivity index (χ1v) is 8.02. The lowest BCUT2D eigenvalue weighted by atomic mass is 9.93. The summed E-state index contributed by atoms with van der Waals surface area (Å²) in [5.74, 6) is -0.884. The summed E-state index contributed by atoms with van der Waals surface area (Å²) in [6.07, 6.45) is 2.30. The molecule has 2 aromatic rings. The molecule has 1 aromatic carbocycles. The van der Waals surface area contributed by atoms with Crippen LogP contribution in [-0.2, 0) is 0 Å². The van der Waals surface area contributed by atoms with E-state index in [0.29, 0.717) is 11.5 Å². The molecule has 2 rings (SSSR count). The van der Waals surface area contributed by atoms with Gasteiger partial charge in [-0.1, -0.05) is 13.8 Å². The normalized spacial score (nSPS) is 13.8. The number of nitrogens with zero attached hydrogens (tertiary/aromatic N) is 1. The molecule has 1 atom stereocenters. The summed E-state index contributed by atoms with van der Waals surface area (Å²) in [5.41, 5.74) is 7.04. The van der Waals surface area contributed by atoms with Gasteiger partial charge in [-0.25, -0.2) is 8.78 Å². The summed E-state index contributed by atoms with van der Waals surface area (Å²) in [4.78, 5) is 4.06. The van der Waals surface area contributed by atoms with Crippen LogP contribution in [0.5, 0.6) is 5.75 Å². The van der Waals surface area contributed by atoms with E-state index in [-0.39, 0.29) is 17.9 Å². The Morgan fingerprint density at radius 3 is 2.54 bits per heavy atom. The van der Waals surface area contributed by atoms with Crippen LogP contribution in [0.25, 0.3) is 11.1 Å². The standard InChI is InChI=1S/C19H24F2N2O/c1-12(2)10-19(4,22)11-24-18-9-16(20)15(8-17(18)21)14-5-6-23-13(3)7-14/h5-9,12H,10-11,22H2,1-4H3/t19-/m0/s1. The molecule has 24 heavy (non-hydrogen) atoms. The zero-order chi connectivity index (χ0) is 17.9. The third-order valence-electron chi connectivity index (χ3n) is 3.66. The minimum absolute atomic E-state index is 0.120.